The minimum atomic E-state index is -0.300. The maximum absolute atomic E-state index is 12.8. The lowest BCUT2D eigenvalue weighted by Crippen LogP contribution is -2.38. The van der Waals surface area contributed by atoms with Crippen molar-refractivity contribution in [1.29, 1.82) is 0 Å². The molecule has 2 aromatic rings. The SMILES string of the molecule is NC[C@@H]1CN(CC(=O)NCCOc2ccc(F)cc2)C[C@H]1c1ccccc1. The van der Waals surface area contributed by atoms with Gasteiger partial charge in [0.1, 0.15) is 18.2 Å². The molecule has 0 radical (unpaired) electrons. The minimum Gasteiger partial charge on any atom is -0.492 e. The normalized spacial score (nSPS) is 19.8. The van der Waals surface area contributed by atoms with Crippen LogP contribution in [0.1, 0.15) is 11.5 Å². The van der Waals surface area contributed by atoms with Crippen molar-refractivity contribution in [2.45, 2.75) is 5.92 Å². The highest BCUT2D eigenvalue weighted by molar-refractivity contribution is 5.78. The fraction of sp³-hybridized carbons (Fsp3) is 0.381. The number of likely N-dealkylation sites (tertiary alicyclic amines) is 1. The summed E-state index contributed by atoms with van der Waals surface area (Å²) in [5.74, 6) is 0.988. The first-order valence-corrected chi connectivity index (χ1v) is 9.28. The van der Waals surface area contributed by atoms with Gasteiger partial charge in [-0.3, -0.25) is 9.69 Å². The predicted molar refractivity (Wildman–Crippen MR) is 103 cm³/mol. The maximum Gasteiger partial charge on any atom is 0.234 e. The van der Waals surface area contributed by atoms with Crippen LogP contribution in [0.4, 0.5) is 4.39 Å². The molecule has 0 saturated carbocycles. The van der Waals surface area contributed by atoms with E-state index in [0.29, 0.717) is 43.8 Å². The molecule has 144 valence electrons. The van der Waals surface area contributed by atoms with Crippen LogP contribution in [-0.4, -0.2) is 50.1 Å². The summed E-state index contributed by atoms with van der Waals surface area (Å²) >= 11 is 0. The number of rotatable bonds is 8. The Labute approximate surface area is 159 Å². The molecule has 5 nitrogen and oxygen atoms in total. The number of amides is 1. The zero-order valence-corrected chi connectivity index (χ0v) is 15.3. The third kappa shape index (κ3) is 5.52. The van der Waals surface area contributed by atoms with Crippen LogP contribution in [0.25, 0.3) is 0 Å². The van der Waals surface area contributed by atoms with Gasteiger partial charge in [-0.1, -0.05) is 30.3 Å². The van der Waals surface area contributed by atoms with Crippen molar-refractivity contribution in [2.24, 2.45) is 11.7 Å². The Morgan fingerprint density at radius 3 is 2.59 bits per heavy atom. The molecule has 6 heteroatoms. The van der Waals surface area contributed by atoms with E-state index >= 15 is 0 Å². The van der Waals surface area contributed by atoms with Crippen LogP contribution in [0, 0.1) is 11.7 Å². The van der Waals surface area contributed by atoms with Gasteiger partial charge in [0.15, 0.2) is 0 Å². The van der Waals surface area contributed by atoms with Gasteiger partial charge in [-0.15, -0.1) is 0 Å². The first-order valence-electron chi connectivity index (χ1n) is 9.28. The minimum absolute atomic E-state index is 0.0258. The number of carbonyl (C=O) groups is 1. The molecule has 1 aliphatic heterocycles. The molecule has 3 N–H and O–H groups in total. The van der Waals surface area contributed by atoms with Gasteiger partial charge in [-0.05, 0) is 42.3 Å². The van der Waals surface area contributed by atoms with Gasteiger partial charge in [-0.25, -0.2) is 4.39 Å². The predicted octanol–water partition coefficient (Wildman–Crippen LogP) is 2.00. The van der Waals surface area contributed by atoms with Gasteiger partial charge >= 0.3 is 0 Å². The molecule has 1 aliphatic rings. The van der Waals surface area contributed by atoms with E-state index in [1.54, 1.807) is 12.1 Å². The van der Waals surface area contributed by atoms with Crippen molar-refractivity contribution in [2.75, 3.05) is 39.3 Å². The third-order valence-electron chi connectivity index (χ3n) is 4.92. The van der Waals surface area contributed by atoms with Crippen LogP contribution < -0.4 is 15.8 Å². The number of hydrogen-bond donors (Lipinski definition) is 2. The van der Waals surface area contributed by atoms with Crippen LogP contribution in [0.15, 0.2) is 54.6 Å². The average Bonchev–Trinajstić information content (AvgIpc) is 3.10. The molecule has 2 aromatic carbocycles. The van der Waals surface area contributed by atoms with Gasteiger partial charge in [0, 0.05) is 19.0 Å². The van der Waals surface area contributed by atoms with Crippen LogP contribution in [-0.2, 0) is 4.79 Å². The van der Waals surface area contributed by atoms with Crippen LogP contribution in [0.3, 0.4) is 0 Å². The number of ether oxygens (including phenoxy) is 1. The Hall–Kier alpha value is -2.44. The van der Waals surface area contributed by atoms with E-state index in [4.69, 9.17) is 10.5 Å². The monoisotopic (exact) mass is 371 g/mol. The molecule has 1 fully saturated rings. The summed E-state index contributed by atoms with van der Waals surface area (Å²) in [5.41, 5.74) is 7.23. The van der Waals surface area contributed by atoms with E-state index in [9.17, 15) is 9.18 Å². The van der Waals surface area contributed by atoms with E-state index < -0.39 is 0 Å². The summed E-state index contributed by atoms with van der Waals surface area (Å²) in [6.07, 6.45) is 0. The Morgan fingerprint density at radius 2 is 1.89 bits per heavy atom. The highest BCUT2D eigenvalue weighted by atomic mass is 19.1. The zero-order chi connectivity index (χ0) is 19.1. The lowest BCUT2D eigenvalue weighted by Gasteiger charge is -2.16. The van der Waals surface area contributed by atoms with Crippen molar-refractivity contribution in [3.63, 3.8) is 0 Å². The van der Waals surface area contributed by atoms with Crippen LogP contribution in [0.2, 0.25) is 0 Å². The highest BCUT2D eigenvalue weighted by Gasteiger charge is 2.33. The Bertz CT molecular complexity index is 724. The number of benzene rings is 2. The molecule has 0 bridgehead atoms. The second-order valence-corrected chi connectivity index (χ2v) is 6.86. The molecule has 0 spiro atoms. The van der Waals surface area contributed by atoms with E-state index in [1.807, 2.05) is 18.2 Å². The topological polar surface area (TPSA) is 67.6 Å². The van der Waals surface area contributed by atoms with Gasteiger partial charge in [0.2, 0.25) is 5.91 Å². The summed E-state index contributed by atoms with van der Waals surface area (Å²) < 4.78 is 18.3. The Kier molecular flexibility index (Phi) is 6.79. The highest BCUT2D eigenvalue weighted by Crippen LogP contribution is 2.31. The molecule has 0 aliphatic carbocycles. The summed E-state index contributed by atoms with van der Waals surface area (Å²) in [6, 6.07) is 16.2. The largest absolute Gasteiger partial charge is 0.492 e. The molecular weight excluding hydrogens is 345 g/mol. The quantitative estimate of drug-likeness (QED) is 0.697. The lowest BCUT2D eigenvalue weighted by molar-refractivity contribution is -0.122. The number of carbonyl (C=O) groups excluding carboxylic acids is 1. The molecular formula is C21H26FN3O2. The van der Waals surface area contributed by atoms with E-state index in [0.717, 1.165) is 13.1 Å². The number of nitrogens with zero attached hydrogens (tertiary/aromatic N) is 1. The van der Waals surface area contributed by atoms with E-state index in [-0.39, 0.29) is 11.7 Å². The van der Waals surface area contributed by atoms with Gasteiger partial charge in [0.05, 0.1) is 13.1 Å². The third-order valence-corrected chi connectivity index (χ3v) is 4.92. The lowest BCUT2D eigenvalue weighted by atomic mass is 9.89. The zero-order valence-electron chi connectivity index (χ0n) is 15.3. The number of nitrogens with one attached hydrogen (secondary N) is 1. The van der Waals surface area contributed by atoms with Gasteiger partial charge in [0.25, 0.3) is 0 Å². The van der Waals surface area contributed by atoms with Gasteiger partial charge < -0.3 is 15.8 Å². The second kappa shape index (κ2) is 9.48. The van der Waals surface area contributed by atoms with Gasteiger partial charge in [-0.2, -0.15) is 0 Å². The Morgan fingerprint density at radius 1 is 1.15 bits per heavy atom. The van der Waals surface area contributed by atoms with Crippen molar-refractivity contribution in [1.82, 2.24) is 10.2 Å². The van der Waals surface area contributed by atoms with Crippen molar-refractivity contribution >= 4 is 5.91 Å². The van der Waals surface area contributed by atoms with Crippen molar-refractivity contribution in [3.05, 3.63) is 66.0 Å². The first kappa shape index (κ1) is 19.3. The average molecular weight is 371 g/mol. The first-order chi connectivity index (χ1) is 13.2. The summed E-state index contributed by atoms with van der Waals surface area (Å²) in [6.45, 7) is 3.39. The summed E-state index contributed by atoms with van der Waals surface area (Å²) in [4.78, 5) is 14.4. The number of hydrogen-bond acceptors (Lipinski definition) is 4. The fourth-order valence-corrected chi connectivity index (χ4v) is 3.56. The molecule has 3 rings (SSSR count). The van der Waals surface area contributed by atoms with Crippen molar-refractivity contribution < 1.29 is 13.9 Å². The smallest absolute Gasteiger partial charge is 0.234 e. The molecule has 1 saturated heterocycles. The Balaban J connectivity index is 1.41. The van der Waals surface area contributed by atoms with E-state index in [2.05, 4.69) is 22.3 Å². The molecule has 2 atom stereocenters. The maximum atomic E-state index is 12.8. The molecule has 1 heterocycles. The number of halogens is 1. The fourth-order valence-electron chi connectivity index (χ4n) is 3.56. The van der Waals surface area contributed by atoms with Crippen molar-refractivity contribution in [3.8, 4) is 5.75 Å². The summed E-state index contributed by atoms with van der Waals surface area (Å²) in [5, 5.41) is 2.87. The summed E-state index contributed by atoms with van der Waals surface area (Å²) in [7, 11) is 0. The van der Waals surface area contributed by atoms with Crippen LogP contribution >= 0.6 is 0 Å². The molecule has 27 heavy (non-hydrogen) atoms. The van der Waals surface area contributed by atoms with Crippen LogP contribution in [0.5, 0.6) is 5.75 Å². The number of nitrogens with two attached hydrogens (primary N) is 1. The molecule has 0 aromatic heterocycles. The molecule has 1 amide bonds. The second-order valence-electron chi connectivity index (χ2n) is 6.86. The standard InChI is InChI=1S/C21H26FN3O2/c22-18-6-8-19(9-7-18)27-11-10-24-21(26)15-25-13-17(12-23)20(14-25)16-4-2-1-3-5-16/h1-9,17,20H,10-15,23H2,(H,24,26)/t17-,20+/m1/s1. The molecule has 0 unspecified atom stereocenters. The van der Waals surface area contributed by atoms with E-state index in [1.165, 1.54) is 17.7 Å².